The maximum absolute atomic E-state index is 11.5. The zero-order chi connectivity index (χ0) is 20.6. The van der Waals surface area contributed by atoms with E-state index in [4.69, 9.17) is 14.2 Å². The van der Waals surface area contributed by atoms with Gasteiger partial charge >= 0.3 is 0 Å². The summed E-state index contributed by atoms with van der Waals surface area (Å²) in [4.78, 5) is 11.5. The van der Waals surface area contributed by atoms with Gasteiger partial charge in [0.25, 0.3) is 0 Å². The van der Waals surface area contributed by atoms with Crippen LogP contribution in [0.2, 0.25) is 0 Å². The number of ether oxygens (including phenoxy) is 3. The van der Waals surface area contributed by atoms with Crippen molar-refractivity contribution < 1.29 is 14.2 Å². The number of nitroso groups, excluding NO2 is 1. The number of benzene rings is 2. The Morgan fingerprint density at radius 3 is 2.83 bits per heavy atom. The summed E-state index contributed by atoms with van der Waals surface area (Å²) >= 11 is 0. The van der Waals surface area contributed by atoms with Gasteiger partial charge < -0.3 is 14.2 Å². The molecule has 0 fully saturated rings. The van der Waals surface area contributed by atoms with Gasteiger partial charge in [-0.2, -0.15) is 0 Å². The Morgan fingerprint density at radius 2 is 2.07 bits per heavy atom. The van der Waals surface area contributed by atoms with Gasteiger partial charge in [-0.25, -0.2) is 0 Å². The van der Waals surface area contributed by atoms with Crippen molar-refractivity contribution in [3.05, 3.63) is 51.4 Å². The standard InChI is InChI=1S/C24H29NO4/c1-5-10-27-17-6-7-18(21(13-17)25-26)16-12-20-15(2)11-22-19(23(20)28-14-16)8-9-24(3,4)29-22/h6-7,11,13,16H,5,8-10,12,14H2,1-4H3. The minimum atomic E-state index is -0.142. The molecule has 0 amide bonds. The quantitative estimate of drug-likeness (QED) is 0.582. The van der Waals surface area contributed by atoms with Gasteiger partial charge in [0, 0.05) is 17.5 Å². The van der Waals surface area contributed by atoms with E-state index in [0.717, 1.165) is 42.7 Å². The van der Waals surface area contributed by atoms with Crippen LogP contribution in [0.1, 0.15) is 61.8 Å². The molecule has 2 aliphatic rings. The van der Waals surface area contributed by atoms with Crippen molar-refractivity contribution in [1.82, 2.24) is 0 Å². The topological polar surface area (TPSA) is 57.1 Å². The molecule has 4 rings (SSSR count). The maximum Gasteiger partial charge on any atom is 0.129 e. The van der Waals surface area contributed by atoms with Crippen molar-refractivity contribution in [1.29, 1.82) is 0 Å². The summed E-state index contributed by atoms with van der Waals surface area (Å²) in [5.41, 5.74) is 4.79. The minimum Gasteiger partial charge on any atom is -0.494 e. The second-order valence-electron chi connectivity index (χ2n) is 8.71. The summed E-state index contributed by atoms with van der Waals surface area (Å²) in [5, 5.41) is 3.27. The van der Waals surface area contributed by atoms with Crippen molar-refractivity contribution in [3.8, 4) is 17.2 Å². The average Bonchev–Trinajstić information content (AvgIpc) is 2.71. The summed E-state index contributed by atoms with van der Waals surface area (Å²) in [6, 6.07) is 7.76. The molecule has 1 unspecified atom stereocenters. The first kappa shape index (κ1) is 19.7. The molecule has 0 spiro atoms. The van der Waals surface area contributed by atoms with Gasteiger partial charge in [-0.15, -0.1) is 4.91 Å². The Bertz CT molecular complexity index is 935. The van der Waals surface area contributed by atoms with Crippen LogP contribution in [0.15, 0.2) is 29.4 Å². The zero-order valence-electron chi connectivity index (χ0n) is 17.7. The van der Waals surface area contributed by atoms with E-state index in [1.165, 1.54) is 16.7 Å². The maximum atomic E-state index is 11.5. The number of hydrogen-bond donors (Lipinski definition) is 0. The van der Waals surface area contributed by atoms with Crippen LogP contribution in [-0.2, 0) is 12.8 Å². The van der Waals surface area contributed by atoms with Crippen LogP contribution in [0.5, 0.6) is 17.2 Å². The van der Waals surface area contributed by atoms with Gasteiger partial charge in [-0.1, -0.05) is 13.0 Å². The van der Waals surface area contributed by atoms with E-state index in [0.29, 0.717) is 24.7 Å². The molecule has 5 heteroatoms. The van der Waals surface area contributed by atoms with E-state index in [1.807, 2.05) is 12.1 Å². The Hall–Kier alpha value is -2.56. The third-order valence-electron chi connectivity index (χ3n) is 5.92. The minimum absolute atomic E-state index is 0.0909. The van der Waals surface area contributed by atoms with Gasteiger partial charge in [0.2, 0.25) is 0 Å². The molecular formula is C24H29NO4. The van der Waals surface area contributed by atoms with Gasteiger partial charge in [0.05, 0.1) is 13.2 Å². The van der Waals surface area contributed by atoms with Crippen LogP contribution < -0.4 is 14.2 Å². The Kier molecular flexibility index (Phi) is 5.24. The van der Waals surface area contributed by atoms with Crippen molar-refractivity contribution in [2.24, 2.45) is 5.18 Å². The lowest BCUT2D eigenvalue weighted by Crippen LogP contribution is -2.33. The number of nitrogens with zero attached hydrogens (tertiary/aromatic N) is 1. The molecule has 5 nitrogen and oxygen atoms in total. The van der Waals surface area contributed by atoms with E-state index in [2.05, 4.69) is 38.9 Å². The summed E-state index contributed by atoms with van der Waals surface area (Å²) in [7, 11) is 0. The first-order valence-electron chi connectivity index (χ1n) is 10.5. The van der Waals surface area contributed by atoms with Gasteiger partial charge in [0.15, 0.2) is 0 Å². The summed E-state index contributed by atoms with van der Waals surface area (Å²) in [6.45, 7) is 9.57. The zero-order valence-corrected chi connectivity index (χ0v) is 17.7. The highest BCUT2D eigenvalue weighted by Gasteiger charge is 2.33. The highest BCUT2D eigenvalue weighted by atomic mass is 16.5. The van der Waals surface area contributed by atoms with Crippen LogP contribution in [-0.4, -0.2) is 18.8 Å². The molecular weight excluding hydrogens is 366 g/mol. The fraction of sp³-hybridized carbons (Fsp3) is 0.500. The van der Waals surface area contributed by atoms with Crippen molar-refractivity contribution in [2.75, 3.05) is 13.2 Å². The van der Waals surface area contributed by atoms with Crippen molar-refractivity contribution in [3.63, 3.8) is 0 Å². The number of fused-ring (bicyclic) bond motifs is 3. The lowest BCUT2D eigenvalue weighted by Gasteiger charge is -2.36. The van der Waals surface area contributed by atoms with Gasteiger partial charge in [-0.05, 0) is 80.5 Å². The fourth-order valence-electron chi connectivity index (χ4n) is 4.32. The molecule has 0 saturated heterocycles. The Morgan fingerprint density at radius 1 is 1.24 bits per heavy atom. The predicted molar refractivity (Wildman–Crippen MR) is 114 cm³/mol. The molecule has 0 bridgehead atoms. The SMILES string of the molecule is CCCOc1ccc(C2COc3c(c(C)cc4c3CCC(C)(C)O4)C2)c(N=O)c1. The number of hydrogen-bond acceptors (Lipinski definition) is 5. The normalized spacial score (nSPS) is 19.4. The monoisotopic (exact) mass is 395 g/mol. The molecule has 1 atom stereocenters. The molecule has 154 valence electrons. The van der Waals surface area contributed by atoms with E-state index >= 15 is 0 Å². The fourth-order valence-corrected chi connectivity index (χ4v) is 4.32. The molecule has 0 aromatic heterocycles. The van der Waals surface area contributed by atoms with Gasteiger partial charge in [-0.3, -0.25) is 0 Å². The molecule has 0 N–H and O–H groups in total. The largest absolute Gasteiger partial charge is 0.494 e. The predicted octanol–water partition coefficient (Wildman–Crippen LogP) is 6.00. The van der Waals surface area contributed by atoms with Crippen molar-refractivity contribution >= 4 is 5.69 Å². The van der Waals surface area contributed by atoms with Gasteiger partial charge in [0.1, 0.15) is 28.5 Å². The smallest absolute Gasteiger partial charge is 0.129 e. The first-order valence-corrected chi connectivity index (χ1v) is 10.5. The molecule has 2 aromatic rings. The Balaban J connectivity index is 1.64. The third kappa shape index (κ3) is 3.83. The molecule has 0 radical (unpaired) electrons. The second-order valence-corrected chi connectivity index (χ2v) is 8.71. The Labute approximate surface area is 172 Å². The molecule has 2 aliphatic heterocycles. The number of aryl methyl sites for hydroxylation is 1. The van der Waals surface area contributed by atoms with Crippen LogP contribution in [0.4, 0.5) is 5.69 Å². The molecule has 29 heavy (non-hydrogen) atoms. The van der Waals surface area contributed by atoms with E-state index in [9.17, 15) is 4.91 Å². The highest BCUT2D eigenvalue weighted by molar-refractivity contribution is 5.58. The average molecular weight is 395 g/mol. The second kappa shape index (κ2) is 7.69. The molecule has 0 saturated carbocycles. The van der Waals surface area contributed by atoms with Crippen LogP contribution in [0, 0.1) is 11.8 Å². The molecule has 2 heterocycles. The summed E-state index contributed by atoms with van der Waals surface area (Å²) in [6.07, 6.45) is 3.68. The van der Waals surface area contributed by atoms with E-state index in [1.54, 1.807) is 6.07 Å². The van der Waals surface area contributed by atoms with E-state index in [-0.39, 0.29) is 11.5 Å². The molecule has 2 aromatic carbocycles. The summed E-state index contributed by atoms with van der Waals surface area (Å²) < 4.78 is 18.1. The molecule has 0 aliphatic carbocycles. The lowest BCUT2D eigenvalue weighted by atomic mass is 9.84. The number of rotatable bonds is 5. The summed E-state index contributed by atoms with van der Waals surface area (Å²) in [5.74, 6) is 2.71. The first-order chi connectivity index (χ1) is 13.9. The third-order valence-corrected chi connectivity index (χ3v) is 5.92. The van der Waals surface area contributed by atoms with Crippen LogP contribution in [0.25, 0.3) is 0 Å². The van der Waals surface area contributed by atoms with E-state index < -0.39 is 0 Å². The van der Waals surface area contributed by atoms with Crippen LogP contribution in [0.3, 0.4) is 0 Å². The van der Waals surface area contributed by atoms with Crippen LogP contribution >= 0.6 is 0 Å². The lowest BCUT2D eigenvalue weighted by molar-refractivity contribution is 0.0825. The highest BCUT2D eigenvalue weighted by Crippen LogP contribution is 2.46. The van der Waals surface area contributed by atoms with Crippen molar-refractivity contribution in [2.45, 2.75) is 64.9 Å².